The molecule has 1 amide bonds. The molecule has 2 rings (SSSR count). The second-order valence-electron chi connectivity index (χ2n) is 4.68. The van der Waals surface area contributed by atoms with Crippen LogP contribution in [-0.2, 0) is 4.74 Å². The molecule has 0 bridgehead atoms. The second-order valence-corrected chi connectivity index (χ2v) is 4.68. The SMILES string of the molecule is NC1CCC(OCCNC(=O)c2ccoc2)CC1. The summed E-state index contributed by atoms with van der Waals surface area (Å²) < 4.78 is 10.5. The minimum Gasteiger partial charge on any atom is -0.472 e. The molecule has 1 aliphatic carbocycles. The quantitative estimate of drug-likeness (QED) is 0.774. The molecule has 1 aromatic heterocycles. The number of furan rings is 1. The molecule has 1 fully saturated rings. The zero-order valence-corrected chi connectivity index (χ0v) is 10.4. The number of amides is 1. The fourth-order valence-corrected chi connectivity index (χ4v) is 2.14. The molecule has 1 aromatic rings. The van der Waals surface area contributed by atoms with Crippen molar-refractivity contribution in [2.75, 3.05) is 13.2 Å². The van der Waals surface area contributed by atoms with Gasteiger partial charge in [0, 0.05) is 12.6 Å². The van der Waals surface area contributed by atoms with E-state index in [1.54, 1.807) is 6.07 Å². The fraction of sp³-hybridized carbons (Fsp3) is 0.615. The van der Waals surface area contributed by atoms with E-state index < -0.39 is 0 Å². The minimum absolute atomic E-state index is 0.127. The molecule has 1 saturated carbocycles. The van der Waals surface area contributed by atoms with Crippen molar-refractivity contribution in [1.82, 2.24) is 5.32 Å². The van der Waals surface area contributed by atoms with Crippen LogP contribution in [0, 0.1) is 0 Å². The van der Waals surface area contributed by atoms with Crippen molar-refractivity contribution in [2.24, 2.45) is 5.73 Å². The van der Waals surface area contributed by atoms with E-state index in [1.165, 1.54) is 12.5 Å². The lowest BCUT2D eigenvalue weighted by Crippen LogP contribution is -2.32. The molecule has 5 heteroatoms. The van der Waals surface area contributed by atoms with Gasteiger partial charge in [-0.3, -0.25) is 4.79 Å². The predicted octanol–water partition coefficient (Wildman–Crippen LogP) is 1.30. The van der Waals surface area contributed by atoms with E-state index in [-0.39, 0.29) is 5.91 Å². The molecule has 0 aliphatic heterocycles. The van der Waals surface area contributed by atoms with Gasteiger partial charge >= 0.3 is 0 Å². The van der Waals surface area contributed by atoms with Gasteiger partial charge in [-0.2, -0.15) is 0 Å². The van der Waals surface area contributed by atoms with E-state index in [1.807, 2.05) is 0 Å². The molecule has 0 aromatic carbocycles. The van der Waals surface area contributed by atoms with Crippen molar-refractivity contribution < 1.29 is 13.9 Å². The first-order valence-electron chi connectivity index (χ1n) is 6.43. The van der Waals surface area contributed by atoms with Crippen LogP contribution >= 0.6 is 0 Å². The summed E-state index contributed by atoms with van der Waals surface area (Å²) in [6.45, 7) is 1.07. The standard InChI is InChI=1S/C13H20N2O3/c14-11-1-3-12(4-2-11)18-8-6-15-13(16)10-5-7-17-9-10/h5,7,9,11-12H,1-4,6,8,14H2,(H,15,16). The zero-order chi connectivity index (χ0) is 12.8. The van der Waals surface area contributed by atoms with Crippen molar-refractivity contribution in [3.63, 3.8) is 0 Å². The van der Waals surface area contributed by atoms with Crippen molar-refractivity contribution in [2.45, 2.75) is 37.8 Å². The number of hydrogen-bond donors (Lipinski definition) is 2. The summed E-state index contributed by atoms with van der Waals surface area (Å²) in [5.41, 5.74) is 6.36. The molecule has 0 unspecified atom stereocenters. The highest BCUT2D eigenvalue weighted by molar-refractivity contribution is 5.93. The van der Waals surface area contributed by atoms with E-state index in [9.17, 15) is 4.79 Å². The molecular formula is C13H20N2O3. The summed E-state index contributed by atoms with van der Waals surface area (Å²) >= 11 is 0. The largest absolute Gasteiger partial charge is 0.472 e. The lowest BCUT2D eigenvalue weighted by molar-refractivity contribution is 0.0267. The summed E-state index contributed by atoms with van der Waals surface area (Å²) in [6, 6.07) is 1.98. The Balaban J connectivity index is 1.57. The second kappa shape index (κ2) is 6.56. The van der Waals surface area contributed by atoms with Crippen LogP contribution < -0.4 is 11.1 Å². The maximum Gasteiger partial charge on any atom is 0.254 e. The Kier molecular flexibility index (Phi) is 4.78. The van der Waals surface area contributed by atoms with Gasteiger partial charge in [0.2, 0.25) is 0 Å². The molecule has 0 radical (unpaired) electrons. The summed E-state index contributed by atoms with van der Waals surface area (Å²) in [4.78, 5) is 11.6. The van der Waals surface area contributed by atoms with Gasteiger partial charge in [-0.1, -0.05) is 0 Å². The van der Waals surface area contributed by atoms with Gasteiger partial charge in [0.05, 0.1) is 24.5 Å². The van der Waals surface area contributed by atoms with Crippen LogP contribution in [0.1, 0.15) is 36.0 Å². The Bertz CT molecular complexity index is 356. The summed E-state index contributed by atoms with van der Waals surface area (Å²) in [5, 5.41) is 2.78. The van der Waals surface area contributed by atoms with E-state index in [2.05, 4.69) is 5.32 Å². The third-order valence-electron chi connectivity index (χ3n) is 3.24. The van der Waals surface area contributed by atoms with Gasteiger partial charge in [-0.15, -0.1) is 0 Å². The van der Waals surface area contributed by atoms with E-state index in [0.717, 1.165) is 25.7 Å². The van der Waals surface area contributed by atoms with Crippen molar-refractivity contribution >= 4 is 5.91 Å². The van der Waals surface area contributed by atoms with Crippen LogP contribution in [0.15, 0.2) is 23.0 Å². The number of nitrogens with one attached hydrogen (secondary N) is 1. The van der Waals surface area contributed by atoms with Crippen molar-refractivity contribution in [3.05, 3.63) is 24.2 Å². The number of carbonyl (C=O) groups excluding carboxylic acids is 1. The number of rotatable bonds is 5. The zero-order valence-electron chi connectivity index (χ0n) is 10.4. The fourth-order valence-electron chi connectivity index (χ4n) is 2.14. The number of hydrogen-bond acceptors (Lipinski definition) is 4. The highest BCUT2D eigenvalue weighted by atomic mass is 16.5. The van der Waals surface area contributed by atoms with Gasteiger partial charge in [0.1, 0.15) is 6.26 Å². The Morgan fingerprint density at radius 1 is 1.44 bits per heavy atom. The smallest absolute Gasteiger partial charge is 0.254 e. The summed E-state index contributed by atoms with van der Waals surface area (Å²) in [5.74, 6) is -0.127. The molecule has 1 heterocycles. The number of carbonyl (C=O) groups is 1. The van der Waals surface area contributed by atoms with Gasteiger partial charge in [0.25, 0.3) is 5.91 Å². The lowest BCUT2D eigenvalue weighted by Gasteiger charge is -2.26. The normalized spacial score (nSPS) is 23.8. The maximum atomic E-state index is 11.6. The Morgan fingerprint density at radius 3 is 2.89 bits per heavy atom. The Labute approximate surface area is 107 Å². The topological polar surface area (TPSA) is 77.5 Å². The van der Waals surface area contributed by atoms with Crippen LogP contribution in [0.25, 0.3) is 0 Å². The van der Waals surface area contributed by atoms with Gasteiger partial charge in [-0.05, 0) is 31.7 Å². The first-order valence-corrected chi connectivity index (χ1v) is 6.43. The average molecular weight is 252 g/mol. The van der Waals surface area contributed by atoms with E-state index in [0.29, 0.717) is 30.9 Å². The summed E-state index contributed by atoms with van der Waals surface area (Å²) in [7, 11) is 0. The first kappa shape index (κ1) is 13.1. The molecule has 5 nitrogen and oxygen atoms in total. The average Bonchev–Trinajstić information content (AvgIpc) is 2.90. The molecule has 100 valence electrons. The van der Waals surface area contributed by atoms with Crippen LogP contribution in [-0.4, -0.2) is 31.2 Å². The third kappa shape index (κ3) is 3.85. The lowest BCUT2D eigenvalue weighted by atomic mass is 9.94. The third-order valence-corrected chi connectivity index (χ3v) is 3.24. The van der Waals surface area contributed by atoms with Crippen LogP contribution in [0.3, 0.4) is 0 Å². The van der Waals surface area contributed by atoms with Crippen LogP contribution in [0.5, 0.6) is 0 Å². The van der Waals surface area contributed by atoms with E-state index >= 15 is 0 Å². The van der Waals surface area contributed by atoms with Gasteiger partial charge in [0.15, 0.2) is 0 Å². The highest BCUT2D eigenvalue weighted by Gasteiger charge is 2.18. The minimum atomic E-state index is -0.127. The summed E-state index contributed by atoms with van der Waals surface area (Å²) in [6.07, 6.45) is 7.33. The number of nitrogens with two attached hydrogens (primary N) is 1. The molecule has 3 N–H and O–H groups in total. The molecule has 18 heavy (non-hydrogen) atoms. The first-order chi connectivity index (χ1) is 8.75. The molecule has 0 saturated heterocycles. The van der Waals surface area contributed by atoms with Crippen LogP contribution in [0.2, 0.25) is 0 Å². The highest BCUT2D eigenvalue weighted by Crippen LogP contribution is 2.19. The molecule has 0 atom stereocenters. The Hall–Kier alpha value is -1.33. The van der Waals surface area contributed by atoms with Gasteiger partial charge < -0.3 is 20.2 Å². The van der Waals surface area contributed by atoms with Crippen LogP contribution in [0.4, 0.5) is 0 Å². The number of ether oxygens (including phenoxy) is 1. The molecule has 0 spiro atoms. The van der Waals surface area contributed by atoms with Gasteiger partial charge in [-0.25, -0.2) is 0 Å². The molecule has 1 aliphatic rings. The van der Waals surface area contributed by atoms with E-state index in [4.69, 9.17) is 14.9 Å². The Morgan fingerprint density at radius 2 is 2.22 bits per heavy atom. The van der Waals surface area contributed by atoms with Crippen molar-refractivity contribution in [1.29, 1.82) is 0 Å². The predicted molar refractivity (Wildman–Crippen MR) is 67.2 cm³/mol. The maximum absolute atomic E-state index is 11.6. The van der Waals surface area contributed by atoms with Crippen molar-refractivity contribution in [3.8, 4) is 0 Å². The molecular weight excluding hydrogens is 232 g/mol. The monoisotopic (exact) mass is 252 g/mol.